The van der Waals surface area contributed by atoms with E-state index in [9.17, 15) is 30.0 Å². The lowest BCUT2D eigenvalue weighted by atomic mass is 10.1. The number of aliphatic hydroxyl groups is 4. The van der Waals surface area contributed by atoms with E-state index in [-0.39, 0.29) is 52.2 Å². The smallest absolute Gasteiger partial charge is 0.335 e. The van der Waals surface area contributed by atoms with Crippen molar-refractivity contribution in [3.63, 3.8) is 0 Å². The van der Waals surface area contributed by atoms with Gasteiger partial charge in [0, 0.05) is 11.1 Å². The minimum Gasteiger partial charge on any atom is -0.414 e. The first-order valence-corrected chi connectivity index (χ1v) is 34.8. The number of aromatic nitrogens is 8. The van der Waals surface area contributed by atoms with Gasteiger partial charge in [-0.15, -0.1) is 0 Å². The number of aliphatic hydroxyl groups excluding tert-OH is 4. The van der Waals surface area contributed by atoms with E-state index in [2.05, 4.69) is 137 Å². The lowest BCUT2D eigenvalue weighted by molar-refractivity contribution is -0.0570. The summed E-state index contributed by atoms with van der Waals surface area (Å²) in [5, 5.41) is 46.7. The van der Waals surface area contributed by atoms with Gasteiger partial charge in [0.25, 0.3) is 11.8 Å². The highest BCUT2D eigenvalue weighted by atomic mass is 35.6. The van der Waals surface area contributed by atoms with Crippen LogP contribution in [0, 0.1) is 0 Å². The number of amides is 2. The van der Waals surface area contributed by atoms with Crippen LogP contribution in [0.5, 0.6) is 0 Å². The highest BCUT2D eigenvalue weighted by molar-refractivity contribution is 7.22. The molecule has 2 aromatic carbocycles. The van der Waals surface area contributed by atoms with E-state index in [1.54, 1.807) is 59.4 Å². The Morgan fingerprint density at radius 2 is 1.04 bits per heavy atom. The van der Waals surface area contributed by atoms with Crippen LogP contribution < -0.4 is 10.6 Å². The van der Waals surface area contributed by atoms with Crippen molar-refractivity contribution in [3.05, 3.63) is 97.1 Å². The highest BCUT2D eigenvalue weighted by Crippen LogP contribution is 2.49. The molecule has 3 fully saturated rings. The maximum absolute atomic E-state index is 12.8. The van der Waals surface area contributed by atoms with E-state index in [0.29, 0.717) is 50.1 Å². The van der Waals surface area contributed by atoms with E-state index in [1.807, 2.05) is 12.1 Å². The van der Waals surface area contributed by atoms with Crippen LogP contribution in [0.15, 0.2) is 86.0 Å². The molecule has 436 valence electrons. The second-order valence-corrected chi connectivity index (χ2v) is 38.8. The molecule has 7 heterocycles. The molecule has 0 aliphatic carbocycles. The molecule has 3 saturated heterocycles. The van der Waals surface area contributed by atoms with Gasteiger partial charge in [0.15, 0.2) is 53.8 Å². The fourth-order valence-corrected chi connectivity index (χ4v) is 26.5. The third kappa shape index (κ3) is 12.5. The summed E-state index contributed by atoms with van der Waals surface area (Å²) in [6.45, 7) is 30.7. The number of anilines is 2. The van der Waals surface area contributed by atoms with Crippen LogP contribution >= 0.6 is 11.1 Å². The molecule has 0 unspecified atom stereocenters. The largest absolute Gasteiger partial charge is 0.414 e. The molecule has 9 rings (SSSR count). The normalized spacial score (nSPS) is 23.8. The van der Waals surface area contributed by atoms with Gasteiger partial charge in [0.1, 0.15) is 49.3 Å². The summed E-state index contributed by atoms with van der Waals surface area (Å²) in [6, 6.07) is 17.5. The molecule has 25 heteroatoms. The summed E-state index contributed by atoms with van der Waals surface area (Å²) >= 11 is 6.68. The van der Waals surface area contributed by atoms with Crippen LogP contribution in [0.1, 0.15) is 130 Å². The van der Waals surface area contributed by atoms with Crippen molar-refractivity contribution in [2.75, 3.05) is 23.8 Å². The number of nitrogens with one attached hydrogen (secondary N) is 2. The number of hydrogen-bond donors (Lipinski definition) is 6. The van der Waals surface area contributed by atoms with Gasteiger partial charge in [0.05, 0.1) is 25.9 Å². The van der Waals surface area contributed by atoms with Crippen molar-refractivity contribution < 1.29 is 52.5 Å². The lowest BCUT2D eigenvalue weighted by Crippen LogP contribution is -2.65. The van der Waals surface area contributed by atoms with E-state index in [0.717, 1.165) is 0 Å². The van der Waals surface area contributed by atoms with E-state index >= 15 is 0 Å². The van der Waals surface area contributed by atoms with E-state index < -0.39 is 80.2 Å². The number of nitrogens with zero attached hydrogens (tertiary/aromatic N) is 8. The van der Waals surface area contributed by atoms with Crippen molar-refractivity contribution in [2.24, 2.45) is 0 Å². The molecule has 3 aliphatic heterocycles. The molecular formula is C55H81ClN10O11Si3. The second kappa shape index (κ2) is 26.1. The number of halogens is 1. The zero-order valence-corrected chi connectivity index (χ0v) is 52.0. The summed E-state index contributed by atoms with van der Waals surface area (Å²) in [5.41, 5.74) is 5.08. The molecule has 8 atom stereocenters. The van der Waals surface area contributed by atoms with Crippen molar-refractivity contribution >= 4 is 81.4 Å². The standard InChI is InChI=1S/C29H43N5O6Si2.C17H17N5O5.C9H21ClSi/c1-17(2)41(18(3)4)37-14-22-25(39-42(40-41,19(5)6)20(7)8)24(35)29(38-22)34-16-32-23-26(30-15-31-27(23)34)33-28(36)21-12-10-9-11-13-21;23-6-10-12(24)13(25)17(27-10)22-8-20-11-14(18-7-19-15(11)22)21-16(26)9-4-2-1-3-5-9;1-7(2)11(10,8(3)4)9(5)6/h9-13,15-20,22,24-25,29,35H,14H2,1-8H3,(H,30,31,33,36);1-5,7-8,10,12-13,17,23-25H,6H2,(H,18,19,21,26);7-9H,1-6H3/t22-,24-,25-,29-;10-,12-,13-,17-;/m11./s1. The van der Waals surface area contributed by atoms with E-state index in [4.69, 9.17) is 33.5 Å². The molecular weight excluding hydrogens is 1100 g/mol. The first-order chi connectivity index (χ1) is 37.8. The third-order valence-electron chi connectivity index (χ3n) is 15.6. The minimum absolute atomic E-state index is 0.119. The number of benzene rings is 2. The molecule has 21 nitrogen and oxygen atoms in total. The first-order valence-electron chi connectivity index (χ1n) is 27.6. The molecule has 0 bridgehead atoms. The fraction of sp³-hybridized carbons (Fsp3) is 0.564. The van der Waals surface area contributed by atoms with Crippen LogP contribution in [-0.2, 0) is 22.4 Å². The SMILES string of the molecule is CC(C)[Si](Cl)(C(C)C)C(C)C.CC(C)[Si]1(C(C)C)OC[C@H]2O[C@@H](n3cnc4c(NC(=O)c5ccccc5)ncnc43)[C@H](O)[C@@H]2O[Si](C(C)C)(C(C)C)O1.O=C(Nc1ncnc2c1ncn2[C@@H]1O[C@H](CO)[C@@H](O)[C@H]1O)c1ccccc1. The average Bonchev–Trinajstić information content (AvgIpc) is 4.38. The number of hydrogen-bond acceptors (Lipinski definition) is 17. The van der Waals surface area contributed by atoms with E-state index in [1.165, 1.54) is 23.5 Å². The summed E-state index contributed by atoms with van der Waals surface area (Å²) in [5.74, 6) is -0.176. The van der Waals surface area contributed by atoms with Gasteiger partial charge >= 0.3 is 17.1 Å². The zero-order valence-electron chi connectivity index (χ0n) is 48.3. The Hall–Kier alpha value is -4.94. The van der Waals surface area contributed by atoms with Gasteiger partial charge in [-0.05, 0) is 63.1 Å². The molecule has 2 amide bonds. The topological polar surface area (TPSA) is 272 Å². The molecule has 4 aromatic heterocycles. The molecule has 3 aliphatic rings. The molecule has 6 aromatic rings. The number of carbonyl (C=O) groups excluding carboxylic acids is 2. The minimum atomic E-state index is -2.94. The fourth-order valence-electron chi connectivity index (χ4n) is 11.3. The quantitative estimate of drug-likeness (QED) is 0.0438. The molecule has 6 N–H and O–H groups in total. The van der Waals surface area contributed by atoms with Gasteiger partial charge in [-0.2, -0.15) is 11.1 Å². The zero-order chi connectivity index (χ0) is 58.6. The van der Waals surface area contributed by atoms with Crippen LogP contribution in [0.4, 0.5) is 11.6 Å². The van der Waals surface area contributed by atoms with Crippen molar-refractivity contribution in [2.45, 2.75) is 185 Å². The van der Waals surface area contributed by atoms with Crippen LogP contribution in [-0.4, -0.2) is 146 Å². The Balaban J connectivity index is 0.000000207. The Labute approximate surface area is 476 Å². The van der Waals surface area contributed by atoms with Gasteiger partial charge in [-0.3, -0.25) is 18.7 Å². The predicted octanol–water partition coefficient (Wildman–Crippen LogP) is 9.38. The highest BCUT2D eigenvalue weighted by Gasteiger charge is 2.62. The monoisotopic (exact) mass is 1180 g/mol. The van der Waals surface area contributed by atoms with Gasteiger partial charge in [0.2, 0.25) is 0 Å². The summed E-state index contributed by atoms with van der Waals surface area (Å²) < 4.78 is 36.2. The van der Waals surface area contributed by atoms with Gasteiger partial charge in [-0.1, -0.05) is 133 Å². The van der Waals surface area contributed by atoms with Crippen molar-refractivity contribution in [3.8, 4) is 0 Å². The summed E-state index contributed by atoms with van der Waals surface area (Å²) in [6.07, 6.45) is -1.90. The Kier molecular flexibility index (Phi) is 20.4. The maximum atomic E-state index is 12.8. The second-order valence-electron chi connectivity index (χ2n) is 22.9. The molecule has 80 heavy (non-hydrogen) atoms. The molecule has 0 saturated carbocycles. The van der Waals surface area contributed by atoms with Crippen LogP contribution in [0.3, 0.4) is 0 Å². The van der Waals surface area contributed by atoms with Crippen LogP contribution in [0.2, 0.25) is 38.8 Å². The van der Waals surface area contributed by atoms with Crippen molar-refractivity contribution in [1.29, 1.82) is 0 Å². The van der Waals surface area contributed by atoms with Crippen LogP contribution in [0.25, 0.3) is 22.3 Å². The first kappa shape index (κ1) is 62.7. The number of fused-ring (bicyclic) bond motifs is 3. The number of ether oxygens (including phenoxy) is 2. The van der Waals surface area contributed by atoms with Crippen molar-refractivity contribution in [1.82, 2.24) is 39.0 Å². The molecule has 0 radical (unpaired) electrons. The Bertz CT molecular complexity index is 2970. The van der Waals surface area contributed by atoms with Gasteiger partial charge in [-0.25, -0.2) is 29.9 Å². The average molecular weight is 1180 g/mol. The number of carbonyl (C=O) groups is 2. The number of imidazole rings is 2. The lowest BCUT2D eigenvalue weighted by Gasteiger charge is -2.51. The predicted molar refractivity (Wildman–Crippen MR) is 313 cm³/mol. The Morgan fingerprint density at radius 3 is 1.41 bits per heavy atom. The molecule has 0 spiro atoms. The summed E-state index contributed by atoms with van der Waals surface area (Å²) in [7, 11) is -7.20. The maximum Gasteiger partial charge on any atom is 0.335 e. The van der Waals surface area contributed by atoms with Gasteiger partial charge < -0.3 is 53.5 Å². The summed E-state index contributed by atoms with van der Waals surface area (Å²) in [4.78, 5) is 50.8. The number of rotatable bonds is 14. The Morgan fingerprint density at radius 1 is 0.613 bits per heavy atom. The third-order valence-corrected chi connectivity index (χ3v) is 35.1.